The molecule has 0 bridgehead atoms. The standard InChI is InChI=1S/C15H21N3/c1-2-6-15-14(5-1)12(10-18-15)7-9-17-13-4-3-8-16-11-13/h1-2,5-6,10,13,16-18H,3-4,7-9,11H2. The zero-order valence-electron chi connectivity index (χ0n) is 10.7. The van der Waals surface area contributed by atoms with Gasteiger partial charge in [0.15, 0.2) is 0 Å². The molecule has 18 heavy (non-hydrogen) atoms. The maximum absolute atomic E-state index is 3.65. The molecule has 96 valence electrons. The number of benzene rings is 1. The molecule has 2 heterocycles. The van der Waals surface area contributed by atoms with E-state index in [1.165, 1.54) is 35.9 Å². The summed E-state index contributed by atoms with van der Waals surface area (Å²) in [5.41, 5.74) is 2.66. The summed E-state index contributed by atoms with van der Waals surface area (Å²) >= 11 is 0. The van der Waals surface area contributed by atoms with Crippen molar-refractivity contribution in [3.63, 3.8) is 0 Å². The molecule has 1 unspecified atom stereocenters. The molecule has 3 nitrogen and oxygen atoms in total. The predicted octanol–water partition coefficient (Wildman–Crippen LogP) is 2.05. The molecule has 0 spiro atoms. The molecule has 0 aliphatic carbocycles. The van der Waals surface area contributed by atoms with Crippen LogP contribution in [0.15, 0.2) is 30.5 Å². The summed E-state index contributed by atoms with van der Waals surface area (Å²) in [6, 6.07) is 9.18. The highest BCUT2D eigenvalue weighted by Crippen LogP contribution is 2.17. The average Bonchev–Trinajstić information content (AvgIpc) is 2.84. The molecule has 0 radical (unpaired) electrons. The number of fused-ring (bicyclic) bond motifs is 1. The van der Waals surface area contributed by atoms with Crippen LogP contribution in [0.2, 0.25) is 0 Å². The first-order valence-electron chi connectivity index (χ1n) is 6.92. The van der Waals surface area contributed by atoms with Crippen molar-refractivity contribution in [3.05, 3.63) is 36.0 Å². The maximum atomic E-state index is 3.65. The quantitative estimate of drug-likeness (QED) is 0.769. The highest BCUT2D eigenvalue weighted by Gasteiger charge is 2.11. The van der Waals surface area contributed by atoms with E-state index in [0.29, 0.717) is 6.04 Å². The van der Waals surface area contributed by atoms with Crippen LogP contribution in [0.4, 0.5) is 0 Å². The Kier molecular flexibility index (Phi) is 3.62. The van der Waals surface area contributed by atoms with Crippen molar-refractivity contribution < 1.29 is 0 Å². The van der Waals surface area contributed by atoms with Crippen LogP contribution in [0.3, 0.4) is 0 Å². The predicted molar refractivity (Wildman–Crippen MR) is 75.9 cm³/mol. The Hall–Kier alpha value is -1.32. The number of aromatic amines is 1. The Labute approximate surface area is 108 Å². The first kappa shape index (κ1) is 11.8. The van der Waals surface area contributed by atoms with Crippen LogP contribution in [0.1, 0.15) is 18.4 Å². The van der Waals surface area contributed by atoms with E-state index < -0.39 is 0 Å². The topological polar surface area (TPSA) is 39.8 Å². The van der Waals surface area contributed by atoms with Crippen LogP contribution in [0.5, 0.6) is 0 Å². The first-order valence-corrected chi connectivity index (χ1v) is 6.92. The van der Waals surface area contributed by atoms with E-state index in [2.05, 4.69) is 46.1 Å². The van der Waals surface area contributed by atoms with Gasteiger partial charge in [0, 0.05) is 29.7 Å². The van der Waals surface area contributed by atoms with Gasteiger partial charge in [-0.25, -0.2) is 0 Å². The van der Waals surface area contributed by atoms with Crippen LogP contribution >= 0.6 is 0 Å². The van der Waals surface area contributed by atoms with Crippen molar-refractivity contribution in [2.45, 2.75) is 25.3 Å². The molecular formula is C15H21N3. The second-order valence-electron chi connectivity index (χ2n) is 5.11. The van der Waals surface area contributed by atoms with Gasteiger partial charge < -0.3 is 15.6 Å². The van der Waals surface area contributed by atoms with E-state index in [1.54, 1.807) is 0 Å². The molecule has 3 rings (SSSR count). The van der Waals surface area contributed by atoms with Gasteiger partial charge in [-0.15, -0.1) is 0 Å². The molecule has 1 fully saturated rings. The van der Waals surface area contributed by atoms with Crippen molar-refractivity contribution in [3.8, 4) is 0 Å². The highest BCUT2D eigenvalue weighted by molar-refractivity contribution is 5.83. The van der Waals surface area contributed by atoms with Gasteiger partial charge in [-0.1, -0.05) is 18.2 Å². The molecular weight excluding hydrogens is 222 g/mol. The number of hydrogen-bond acceptors (Lipinski definition) is 2. The zero-order chi connectivity index (χ0) is 12.2. The molecule has 0 saturated carbocycles. The molecule has 3 N–H and O–H groups in total. The van der Waals surface area contributed by atoms with E-state index in [4.69, 9.17) is 0 Å². The van der Waals surface area contributed by atoms with E-state index in [1.807, 2.05) is 0 Å². The SMILES string of the molecule is c1ccc2c(CCNC3CCCNC3)c[nH]c2c1. The fourth-order valence-electron chi connectivity index (χ4n) is 2.78. The summed E-state index contributed by atoms with van der Waals surface area (Å²) in [4.78, 5) is 3.34. The monoisotopic (exact) mass is 243 g/mol. The summed E-state index contributed by atoms with van der Waals surface area (Å²) in [5, 5.41) is 8.45. The normalized spacial score (nSPS) is 20.3. The molecule has 1 atom stereocenters. The third-order valence-electron chi connectivity index (χ3n) is 3.80. The minimum atomic E-state index is 0.656. The van der Waals surface area contributed by atoms with Gasteiger partial charge in [0.2, 0.25) is 0 Å². The molecule has 1 aromatic carbocycles. The molecule has 1 aliphatic rings. The first-order chi connectivity index (χ1) is 8.93. The van der Waals surface area contributed by atoms with E-state index in [-0.39, 0.29) is 0 Å². The summed E-state index contributed by atoms with van der Waals surface area (Å²) in [7, 11) is 0. The fraction of sp³-hybridized carbons (Fsp3) is 0.467. The van der Waals surface area contributed by atoms with Crippen LogP contribution in [-0.4, -0.2) is 30.7 Å². The molecule has 1 aliphatic heterocycles. The van der Waals surface area contributed by atoms with Crippen molar-refractivity contribution in [2.75, 3.05) is 19.6 Å². The molecule has 1 saturated heterocycles. The van der Waals surface area contributed by atoms with Crippen molar-refractivity contribution >= 4 is 10.9 Å². The number of H-pyrrole nitrogens is 1. The van der Waals surface area contributed by atoms with E-state index in [9.17, 15) is 0 Å². The van der Waals surface area contributed by atoms with Crippen molar-refractivity contribution in [1.29, 1.82) is 0 Å². The van der Waals surface area contributed by atoms with Gasteiger partial charge in [-0.2, -0.15) is 0 Å². The molecule has 0 amide bonds. The van der Waals surface area contributed by atoms with Gasteiger partial charge in [0.1, 0.15) is 0 Å². The van der Waals surface area contributed by atoms with E-state index >= 15 is 0 Å². The van der Waals surface area contributed by atoms with Gasteiger partial charge >= 0.3 is 0 Å². The Balaban J connectivity index is 1.56. The van der Waals surface area contributed by atoms with Crippen LogP contribution in [0.25, 0.3) is 10.9 Å². The van der Waals surface area contributed by atoms with Gasteiger partial charge in [-0.3, -0.25) is 0 Å². The zero-order valence-corrected chi connectivity index (χ0v) is 10.7. The molecule has 2 aromatic rings. The lowest BCUT2D eigenvalue weighted by Gasteiger charge is -2.23. The molecule has 3 heteroatoms. The Bertz CT molecular complexity index is 497. The summed E-state index contributed by atoms with van der Waals surface area (Å²) in [5.74, 6) is 0. The second-order valence-corrected chi connectivity index (χ2v) is 5.11. The second kappa shape index (κ2) is 5.55. The summed E-state index contributed by atoms with van der Waals surface area (Å²) < 4.78 is 0. The number of hydrogen-bond donors (Lipinski definition) is 3. The average molecular weight is 243 g/mol. The van der Waals surface area contributed by atoms with Crippen molar-refractivity contribution in [2.24, 2.45) is 0 Å². The van der Waals surface area contributed by atoms with Crippen LogP contribution in [-0.2, 0) is 6.42 Å². The number of nitrogens with one attached hydrogen (secondary N) is 3. The summed E-state index contributed by atoms with van der Waals surface area (Å²) in [6.07, 6.45) is 5.84. The lowest BCUT2D eigenvalue weighted by atomic mass is 10.1. The lowest BCUT2D eigenvalue weighted by molar-refractivity contribution is 0.392. The minimum absolute atomic E-state index is 0.656. The van der Waals surface area contributed by atoms with Gasteiger partial charge in [0.25, 0.3) is 0 Å². The smallest absolute Gasteiger partial charge is 0.0456 e. The number of piperidine rings is 1. The Morgan fingerprint density at radius 1 is 1.28 bits per heavy atom. The fourth-order valence-corrected chi connectivity index (χ4v) is 2.78. The molecule has 1 aromatic heterocycles. The Morgan fingerprint density at radius 2 is 2.22 bits per heavy atom. The number of rotatable bonds is 4. The maximum Gasteiger partial charge on any atom is 0.0456 e. The number of para-hydroxylation sites is 1. The minimum Gasteiger partial charge on any atom is -0.361 e. The van der Waals surface area contributed by atoms with Gasteiger partial charge in [-0.05, 0) is 44.0 Å². The van der Waals surface area contributed by atoms with E-state index in [0.717, 1.165) is 19.5 Å². The third kappa shape index (κ3) is 2.57. The largest absolute Gasteiger partial charge is 0.361 e. The number of aromatic nitrogens is 1. The van der Waals surface area contributed by atoms with Crippen LogP contribution in [0, 0.1) is 0 Å². The third-order valence-corrected chi connectivity index (χ3v) is 3.80. The highest BCUT2D eigenvalue weighted by atomic mass is 15.0. The lowest BCUT2D eigenvalue weighted by Crippen LogP contribution is -2.43. The van der Waals surface area contributed by atoms with Gasteiger partial charge in [0.05, 0.1) is 0 Å². The van der Waals surface area contributed by atoms with Crippen molar-refractivity contribution in [1.82, 2.24) is 15.6 Å². The van der Waals surface area contributed by atoms with Crippen LogP contribution < -0.4 is 10.6 Å². The Morgan fingerprint density at radius 3 is 3.11 bits per heavy atom. The summed E-state index contributed by atoms with van der Waals surface area (Å²) in [6.45, 7) is 3.36.